The number of aryl methyl sites for hydroxylation is 1. The van der Waals surface area contributed by atoms with Crippen molar-refractivity contribution in [2.75, 3.05) is 12.8 Å². The molecule has 1 heterocycles. The normalized spacial score (nSPS) is 10.7. The lowest BCUT2D eigenvalue weighted by atomic mass is 10.1. The quantitative estimate of drug-likeness (QED) is 0.726. The summed E-state index contributed by atoms with van der Waals surface area (Å²) < 4.78 is 1.38. The lowest BCUT2D eigenvalue weighted by molar-refractivity contribution is 0.0957. The summed E-state index contributed by atoms with van der Waals surface area (Å²) in [5, 5.41) is 7.95. The van der Waals surface area contributed by atoms with Crippen LogP contribution in [0.1, 0.15) is 10.5 Å². The second-order valence-electron chi connectivity index (χ2n) is 5.16. The molecule has 6 heteroatoms. The number of rotatable bonds is 5. The Morgan fingerprint density at radius 2 is 1.75 bits per heavy atom. The van der Waals surface area contributed by atoms with Crippen LogP contribution in [0.3, 0.4) is 0 Å². The Morgan fingerprint density at radius 3 is 2.46 bits per heavy atom. The standard InChI is InChI=1S/C18H17N3O2S/c1-19-17(22)16-14-9-5-6-10-15(14)18(23)21(20-16)11-12-24-13-7-3-2-4-8-13/h2-10H,11-12H2,1H3,(H,19,22). The minimum atomic E-state index is -0.296. The third-order valence-electron chi connectivity index (χ3n) is 3.62. The van der Waals surface area contributed by atoms with Crippen molar-refractivity contribution >= 4 is 28.4 Å². The van der Waals surface area contributed by atoms with Crippen LogP contribution in [0.4, 0.5) is 0 Å². The molecule has 0 aliphatic rings. The SMILES string of the molecule is CNC(=O)c1nn(CCSc2ccccc2)c(=O)c2ccccc12. The van der Waals surface area contributed by atoms with Crippen LogP contribution in [-0.2, 0) is 6.54 Å². The van der Waals surface area contributed by atoms with Gasteiger partial charge in [0.1, 0.15) is 0 Å². The highest BCUT2D eigenvalue weighted by Gasteiger charge is 2.15. The Bertz CT molecular complexity index is 922. The number of fused-ring (bicyclic) bond motifs is 1. The fourth-order valence-corrected chi connectivity index (χ4v) is 3.29. The summed E-state index contributed by atoms with van der Waals surface area (Å²) in [6, 6.07) is 17.0. The molecule has 5 nitrogen and oxygen atoms in total. The van der Waals surface area contributed by atoms with Crippen molar-refractivity contribution in [3.63, 3.8) is 0 Å². The molecule has 0 fully saturated rings. The highest BCUT2D eigenvalue weighted by Crippen LogP contribution is 2.17. The second-order valence-corrected chi connectivity index (χ2v) is 6.33. The van der Waals surface area contributed by atoms with Crippen LogP contribution in [0.2, 0.25) is 0 Å². The van der Waals surface area contributed by atoms with Gasteiger partial charge in [-0.15, -0.1) is 11.8 Å². The van der Waals surface area contributed by atoms with Crippen LogP contribution >= 0.6 is 11.8 Å². The number of benzene rings is 2. The number of amides is 1. The molecule has 1 aromatic heterocycles. The largest absolute Gasteiger partial charge is 0.354 e. The first kappa shape index (κ1) is 16.3. The van der Waals surface area contributed by atoms with Gasteiger partial charge in [-0.2, -0.15) is 5.10 Å². The highest BCUT2D eigenvalue weighted by molar-refractivity contribution is 7.99. The zero-order chi connectivity index (χ0) is 16.9. The number of nitrogens with one attached hydrogen (secondary N) is 1. The molecule has 24 heavy (non-hydrogen) atoms. The highest BCUT2D eigenvalue weighted by atomic mass is 32.2. The third-order valence-corrected chi connectivity index (χ3v) is 4.62. The van der Waals surface area contributed by atoms with E-state index in [1.165, 1.54) is 4.68 Å². The predicted molar refractivity (Wildman–Crippen MR) is 96.6 cm³/mol. The number of carbonyl (C=O) groups excluding carboxylic acids is 1. The molecular weight excluding hydrogens is 322 g/mol. The van der Waals surface area contributed by atoms with Crippen LogP contribution in [0.15, 0.2) is 64.3 Å². The van der Waals surface area contributed by atoms with Gasteiger partial charge in [-0.1, -0.05) is 36.4 Å². The Balaban J connectivity index is 1.91. The first-order chi connectivity index (χ1) is 11.7. The van der Waals surface area contributed by atoms with Crippen molar-refractivity contribution in [2.24, 2.45) is 0 Å². The lowest BCUT2D eigenvalue weighted by Crippen LogP contribution is -2.29. The van der Waals surface area contributed by atoms with E-state index in [0.29, 0.717) is 23.1 Å². The van der Waals surface area contributed by atoms with Crippen LogP contribution in [0, 0.1) is 0 Å². The van der Waals surface area contributed by atoms with Crippen LogP contribution in [-0.4, -0.2) is 28.5 Å². The Hall–Kier alpha value is -2.60. The van der Waals surface area contributed by atoms with Crippen LogP contribution in [0.25, 0.3) is 10.8 Å². The first-order valence-corrected chi connectivity index (χ1v) is 8.59. The fraction of sp³-hybridized carbons (Fsp3) is 0.167. The van der Waals surface area contributed by atoms with Gasteiger partial charge in [0, 0.05) is 23.1 Å². The van der Waals surface area contributed by atoms with Gasteiger partial charge in [0.05, 0.1) is 11.9 Å². The maximum absolute atomic E-state index is 12.6. The second kappa shape index (κ2) is 7.31. The van der Waals surface area contributed by atoms with E-state index in [0.717, 1.165) is 4.90 Å². The van der Waals surface area contributed by atoms with E-state index in [2.05, 4.69) is 10.4 Å². The van der Waals surface area contributed by atoms with E-state index in [4.69, 9.17) is 0 Å². The fourth-order valence-electron chi connectivity index (χ4n) is 2.44. The molecule has 2 aromatic carbocycles. The number of nitrogens with zero attached hydrogens (tertiary/aromatic N) is 2. The average molecular weight is 339 g/mol. The minimum absolute atomic E-state index is 0.174. The van der Waals surface area contributed by atoms with Gasteiger partial charge in [0.25, 0.3) is 11.5 Å². The Kier molecular flexibility index (Phi) is 4.96. The van der Waals surface area contributed by atoms with Crippen molar-refractivity contribution in [3.8, 4) is 0 Å². The molecule has 3 rings (SSSR count). The van der Waals surface area contributed by atoms with E-state index in [1.54, 1.807) is 43.1 Å². The number of hydrogen-bond acceptors (Lipinski definition) is 4. The van der Waals surface area contributed by atoms with E-state index in [1.807, 2.05) is 30.3 Å². The molecule has 0 atom stereocenters. The molecule has 122 valence electrons. The van der Waals surface area contributed by atoms with Gasteiger partial charge in [-0.05, 0) is 18.2 Å². The van der Waals surface area contributed by atoms with Gasteiger partial charge in [0.15, 0.2) is 5.69 Å². The van der Waals surface area contributed by atoms with E-state index >= 15 is 0 Å². The van der Waals surface area contributed by atoms with Crippen molar-refractivity contribution in [3.05, 3.63) is 70.6 Å². The molecule has 1 amide bonds. The molecule has 1 N–H and O–H groups in total. The minimum Gasteiger partial charge on any atom is -0.354 e. The maximum Gasteiger partial charge on any atom is 0.274 e. The molecule has 0 saturated heterocycles. The summed E-state index contributed by atoms with van der Waals surface area (Å²) in [5.41, 5.74) is 0.101. The summed E-state index contributed by atoms with van der Waals surface area (Å²) in [7, 11) is 1.56. The lowest BCUT2D eigenvalue weighted by Gasteiger charge is -2.10. The van der Waals surface area contributed by atoms with Crippen molar-refractivity contribution in [1.29, 1.82) is 0 Å². The monoisotopic (exact) mass is 339 g/mol. The zero-order valence-electron chi connectivity index (χ0n) is 13.2. The molecule has 0 aliphatic heterocycles. The molecule has 0 aliphatic carbocycles. The molecule has 0 saturated carbocycles. The summed E-state index contributed by atoms with van der Waals surface area (Å²) in [4.78, 5) is 25.8. The van der Waals surface area contributed by atoms with Crippen molar-refractivity contribution in [1.82, 2.24) is 15.1 Å². The number of carbonyl (C=O) groups is 1. The predicted octanol–water partition coefficient (Wildman–Crippen LogP) is 2.55. The molecule has 0 spiro atoms. The Labute approximate surface area is 143 Å². The molecule has 0 unspecified atom stereocenters. The van der Waals surface area contributed by atoms with Gasteiger partial charge < -0.3 is 5.32 Å². The number of thioether (sulfide) groups is 1. The zero-order valence-corrected chi connectivity index (χ0v) is 14.0. The average Bonchev–Trinajstić information content (AvgIpc) is 2.64. The third kappa shape index (κ3) is 3.33. The van der Waals surface area contributed by atoms with Gasteiger partial charge in [-0.25, -0.2) is 4.68 Å². The van der Waals surface area contributed by atoms with Crippen molar-refractivity contribution < 1.29 is 4.79 Å². The summed E-state index contributed by atoms with van der Waals surface area (Å²) in [5.74, 6) is 0.401. The van der Waals surface area contributed by atoms with E-state index in [-0.39, 0.29) is 17.2 Å². The van der Waals surface area contributed by atoms with Crippen molar-refractivity contribution in [2.45, 2.75) is 11.4 Å². The number of hydrogen-bond donors (Lipinski definition) is 1. The van der Waals surface area contributed by atoms with E-state index < -0.39 is 0 Å². The summed E-state index contributed by atoms with van der Waals surface area (Å²) >= 11 is 1.65. The number of aromatic nitrogens is 2. The van der Waals surface area contributed by atoms with Gasteiger partial charge in [0.2, 0.25) is 0 Å². The summed E-state index contributed by atoms with van der Waals surface area (Å²) in [6.45, 7) is 0.438. The Morgan fingerprint density at radius 1 is 1.08 bits per heavy atom. The smallest absolute Gasteiger partial charge is 0.274 e. The topological polar surface area (TPSA) is 64.0 Å². The molecule has 3 aromatic rings. The first-order valence-electron chi connectivity index (χ1n) is 7.60. The van der Waals surface area contributed by atoms with Gasteiger partial charge in [-0.3, -0.25) is 9.59 Å². The van der Waals surface area contributed by atoms with Crippen LogP contribution < -0.4 is 10.9 Å². The van der Waals surface area contributed by atoms with Gasteiger partial charge >= 0.3 is 0 Å². The summed E-state index contributed by atoms with van der Waals surface area (Å²) in [6.07, 6.45) is 0. The van der Waals surface area contributed by atoms with E-state index in [9.17, 15) is 9.59 Å². The van der Waals surface area contributed by atoms with Crippen LogP contribution in [0.5, 0.6) is 0 Å². The molecule has 0 bridgehead atoms. The maximum atomic E-state index is 12.6. The molecule has 0 radical (unpaired) electrons. The molecular formula is C18H17N3O2S.